The molecule has 17 heavy (non-hydrogen) atoms. The van der Waals surface area contributed by atoms with E-state index in [0.717, 1.165) is 52.1 Å². The molecule has 0 aromatic carbocycles. The fourth-order valence-corrected chi connectivity index (χ4v) is 2.75. The van der Waals surface area contributed by atoms with Crippen molar-refractivity contribution in [2.24, 2.45) is 5.92 Å². The molecule has 1 amide bonds. The van der Waals surface area contributed by atoms with Crippen LogP contribution in [0.1, 0.15) is 26.7 Å². The van der Waals surface area contributed by atoms with Gasteiger partial charge in [0.1, 0.15) is 0 Å². The van der Waals surface area contributed by atoms with Gasteiger partial charge in [0.2, 0.25) is 5.91 Å². The Kier molecular flexibility index (Phi) is 4.40. The number of nitrogens with one attached hydrogen (secondary N) is 1. The summed E-state index contributed by atoms with van der Waals surface area (Å²) in [5.74, 6) is 0.938. The lowest BCUT2D eigenvalue weighted by Crippen LogP contribution is -2.51. The summed E-state index contributed by atoms with van der Waals surface area (Å²) in [4.78, 5) is 16.6. The molecule has 0 radical (unpaired) electrons. The van der Waals surface area contributed by atoms with Crippen LogP contribution < -0.4 is 5.32 Å². The first-order valence-electron chi connectivity index (χ1n) is 6.89. The zero-order chi connectivity index (χ0) is 12.3. The van der Waals surface area contributed by atoms with Gasteiger partial charge in [0.05, 0.1) is 0 Å². The minimum Gasteiger partial charge on any atom is -0.340 e. The molecule has 0 saturated carbocycles. The van der Waals surface area contributed by atoms with E-state index < -0.39 is 0 Å². The second-order valence-corrected chi connectivity index (χ2v) is 5.57. The molecule has 0 aliphatic carbocycles. The van der Waals surface area contributed by atoms with E-state index in [2.05, 4.69) is 29.0 Å². The van der Waals surface area contributed by atoms with Crippen molar-refractivity contribution < 1.29 is 4.79 Å². The summed E-state index contributed by atoms with van der Waals surface area (Å²) in [7, 11) is 0. The van der Waals surface area contributed by atoms with E-state index in [9.17, 15) is 4.79 Å². The van der Waals surface area contributed by atoms with Crippen LogP contribution in [-0.2, 0) is 4.79 Å². The lowest BCUT2D eigenvalue weighted by molar-refractivity contribution is -0.134. The summed E-state index contributed by atoms with van der Waals surface area (Å²) in [6.45, 7) is 10.5. The standard InChI is InChI=1S/C13H25N3O/c1-11(2)15-5-7-16(8-6-15)13(17)9-12-3-4-14-10-12/h11-12,14H,3-10H2,1-2H3. The molecule has 2 fully saturated rings. The van der Waals surface area contributed by atoms with Crippen molar-refractivity contribution in [2.45, 2.75) is 32.7 Å². The molecule has 2 aliphatic heterocycles. The fourth-order valence-electron chi connectivity index (χ4n) is 2.75. The molecule has 1 atom stereocenters. The summed E-state index contributed by atoms with van der Waals surface area (Å²) in [6, 6.07) is 0.603. The maximum atomic E-state index is 12.1. The second-order valence-electron chi connectivity index (χ2n) is 5.57. The van der Waals surface area contributed by atoms with Crippen LogP contribution >= 0.6 is 0 Å². The van der Waals surface area contributed by atoms with E-state index in [0.29, 0.717) is 17.9 Å². The Morgan fingerprint density at radius 2 is 2.00 bits per heavy atom. The number of rotatable bonds is 3. The van der Waals surface area contributed by atoms with Crippen molar-refractivity contribution in [1.82, 2.24) is 15.1 Å². The fraction of sp³-hybridized carbons (Fsp3) is 0.923. The molecule has 4 heteroatoms. The van der Waals surface area contributed by atoms with E-state index in [-0.39, 0.29) is 0 Å². The average molecular weight is 239 g/mol. The molecule has 0 aromatic rings. The molecule has 1 N–H and O–H groups in total. The normalized spacial score (nSPS) is 26.8. The molecule has 4 nitrogen and oxygen atoms in total. The number of hydrogen-bond acceptors (Lipinski definition) is 3. The van der Waals surface area contributed by atoms with Crippen LogP contribution in [0, 0.1) is 5.92 Å². The van der Waals surface area contributed by atoms with Crippen LogP contribution in [0.25, 0.3) is 0 Å². The third-order valence-corrected chi connectivity index (χ3v) is 4.02. The number of carbonyl (C=O) groups excluding carboxylic acids is 1. The Hall–Kier alpha value is -0.610. The van der Waals surface area contributed by atoms with Crippen molar-refractivity contribution in [3.8, 4) is 0 Å². The second kappa shape index (κ2) is 5.83. The number of hydrogen-bond donors (Lipinski definition) is 1. The van der Waals surface area contributed by atoms with Crippen molar-refractivity contribution >= 4 is 5.91 Å². The molecule has 2 aliphatic rings. The highest BCUT2D eigenvalue weighted by atomic mass is 16.2. The molecule has 2 saturated heterocycles. The van der Waals surface area contributed by atoms with Gasteiger partial charge in [0.25, 0.3) is 0 Å². The van der Waals surface area contributed by atoms with Gasteiger partial charge < -0.3 is 10.2 Å². The van der Waals surface area contributed by atoms with E-state index in [1.807, 2.05) is 0 Å². The lowest BCUT2D eigenvalue weighted by atomic mass is 10.0. The van der Waals surface area contributed by atoms with E-state index in [4.69, 9.17) is 0 Å². The summed E-state index contributed by atoms with van der Waals surface area (Å²) in [6.07, 6.45) is 1.91. The molecular formula is C13H25N3O. The molecule has 1 unspecified atom stereocenters. The van der Waals surface area contributed by atoms with E-state index in [1.165, 1.54) is 0 Å². The maximum absolute atomic E-state index is 12.1. The van der Waals surface area contributed by atoms with Crippen LogP contribution in [0.2, 0.25) is 0 Å². The molecule has 0 spiro atoms. The highest BCUT2D eigenvalue weighted by molar-refractivity contribution is 5.76. The lowest BCUT2D eigenvalue weighted by Gasteiger charge is -2.37. The summed E-state index contributed by atoms with van der Waals surface area (Å²) in [5, 5.41) is 3.32. The van der Waals surface area contributed by atoms with Crippen LogP contribution in [-0.4, -0.2) is 61.0 Å². The Morgan fingerprint density at radius 1 is 1.29 bits per heavy atom. The quantitative estimate of drug-likeness (QED) is 0.781. The van der Waals surface area contributed by atoms with Crippen molar-refractivity contribution in [2.75, 3.05) is 39.3 Å². The Labute approximate surface area is 104 Å². The maximum Gasteiger partial charge on any atom is 0.222 e. The first kappa shape index (κ1) is 12.8. The van der Waals surface area contributed by atoms with Crippen LogP contribution in [0.5, 0.6) is 0 Å². The minimum absolute atomic E-state index is 0.363. The summed E-state index contributed by atoms with van der Waals surface area (Å²) < 4.78 is 0. The van der Waals surface area contributed by atoms with Crippen LogP contribution in [0.15, 0.2) is 0 Å². The molecular weight excluding hydrogens is 214 g/mol. The number of piperazine rings is 1. The van der Waals surface area contributed by atoms with Crippen molar-refractivity contribution in [1.29, 1.82) is 0 Å². The minimum atomic E-state index is 0.363. The van der Waals surface area contributed by atoms with Gasteiger partial charge in [-0.25, -0.2) is 0 Å². The van der Waals surface area contributed by atoms with Crippen LogP contribution in [0.3, 0.4) is 0 Å². The summed E-state index contributed by atoms with van der Waals surface area (Å²) >= 11 is 0. The highest BCUT2D eigenvalue weighted by Crippen LogP contribution is 2.15. The first-order valence-corrected chi connectivity index (χ1v) is 6.89. The molecule has 0 aromatic heterocycles. The SMILES string of the molecule is CC(C)N1CCN(C(=O)CC2CCNC2)CC1. The predicted molar refractivity (Wildman–Crippen MR) is 68.9 cm³/mol. The van der Waals surface area contributed by atoms with Gasteiger partial charge >= 0.3 is 0 Å². The molecule has 2 heterocycles. The van der Waals surface area contributed by atoms with Gasteiger partial charge in [-0.3, -0.25) is 9.69 Å². The molecule has 98 valence electrons. The van der Waals surface area contributed by atoms with Gasteiger partial charge in [0.15, 0.2) is 0 Å². The first-order chi connectivity index (χ1) is 8.16. The predicted octanol–water partition coefficient (Wildman–Crippen LogP) is 0.539. The number of amides is 1. The third-order valence-electron chi connectivity index (χ3n) is 4.02. The zero-order valence-electron chi connectivity index (χ0n) is 11.1. The van der Waals surface area contributed by atoms with E-state index in [1.54, 1.807) is 0 Å². The smallest absolute Gasteiger partial charge is 0.222 e. The van der Waals surface area contributed by atoms with Crippen molar-refractivity contribution in [3.63, 3.8) is 0 Å². The van der Waals surface area contributed by atoms with Gasteiger partial charge in [0, 0.05) is 38.6 Å². The Bertz CT molecular complexity index is 253. The number of nitrogens with zero attached hydrogens (tertiary/aromatic N) is 2. The number of carbonyl (C=O) groups is 1. The monoisotopic (exact) mass is 239 g/mol. The summed E-state index contributed by atoms with van der Waals surface area (Å²) in [5.41, 5.74) is 0. The Morgan fingerprint density at radius 3 is 2.53 bits per heavy atom. The Balaban J connectivity index is 1.74. The van der Waals surface area contributed by atoms with Gasteiger partial charge in [-0.15, -0.1) is 0 Å². The van der Waals surface area contributed by atoms with Gasteiger partial charge in [-0.2, -0.15) is 0 Å². The van der Waals surface area contributed by atoms with Crippen LogP contribution in [0.4, 0.5) is 0 Å². The molecule has 0 bridgehead atoms. The van der Waals surface area contributed by atoms with E-state index >= 15 is 0 Å². The third kappa shape index (κ3) is 3.42. The topological polar surface area (TPSA) is 35.6 Å². The van der Waals surface area contributed by atoms with Gasteiger partial charge in [-0.05, 0) is 39.3 Å². The molecule has 2 rings (SSSR count). The van der Waals surface area contributed by atoms with Crippen molar-refractivity contribution in [3.05, 3.63) is 0 Å². The largest absolute Gasteiger partial charge is 0.340 e. The highest BCUT2D eigenvalue weighted by Gasteiger charge is 2.25. The van der Waals surface area contributed by atoms with Gasteiger partial charge in [-0.1, -0.05) is 0 Å². The average Bonchev–Trinajstić information content (AvgIpc) is 2.82. The zero-order valence-corrected chi connectivity index (χ0v) is 11.1.